The molecule has 0 saturated carbocycles. The quantitative estimate of drug-likeness (QED) is 0.171. The standard InChI is InChI=1S/C32H28Cl2N2O7S/c1-16(2)15-41-31(39)28-17(3)35-32-36(29(28)20-7-10-25(42-18(4)37)26(13-20)40-5)30(38)27(44-32)14-21-8-11-24(43-21)19-6-9-22(33)23(34)12-19/h6-14,16,29H,15H2,1-5H3. The number of thiazole rings is 1. The van der Waals surface area contributed by atoms with Gasteiger partial charge in [-0.15, -0.1) is 0 Å². The van der Waals surface area contributed by atoms with Crippen LogP contribution in [-0.4, -0.2) is 30.2 Å². The molecule has 0 fully saturated rings. The van der Waals surface area contributed by atoms with Crippen LogP contribution in [-0.2, 0) is 14.3 Å². The number of hydrogen-bond donors (Lipinski definition) is 0. The largest absolute Gasteiger partial charge is 0.493 e. The van der Waals surface area contributed by atoms with Crippen LogP contribution in [0.5, 0.6) is 11.5 Å². The highest BCUT2D eigenvalue weighted by molar-refractivity contribution is 7.07. The molecule has 1 unspecified atom stereocenters. The number of esters is 2. The Balaban J connectivity index is 1.63. The summed E-state index contributed by atoms with van der Waals surface area (Å²) in [5, 5.41) is 0.824. The summed E-state index contributed by atoms with van der Waals surface area (Å²) in [5.41, 5.74) is 1.52. The smallest absolute Gasteiger partial charge is 0.338 e. The van der Waals surface area contributed by atoms with E-state index in [9.17, 15) is 14.4 Å². The van der Waals surface area contributed by atoms with Crippen molar-refractivity contribution < 1.29 is 28.2 Å². The molecule has 1 aliphatic rings. The predicted octanol–water partition coefficient (Wildman–Crippen LogP) is 5.94. The monoisotopic (exact) mass is 654 g/mol. The van der Waals surface area contributed by atoms with Gasteiger partial charge in [-0.2, -0.15) is 0 Å². The van der Waals surface area contributed by atoms with Crippen LogP contribution in [0.3, 0.4) is 0 Å². The Bertz CT molecular complexity index is 1990. The Hall–Kier alpha value is -4.12. The number of carbonyl (C=O) groups is 2. The van der Waals surface area contributed by atoms with Crippen molar-refractivity contribution >= 4 is 52.6 Å². The molecule has 9 nitrogen and oxygen atoms in total. The number of hydrogen-bond acceptors (Lipinski definition) is 9. The van der Waals surface area contributed by atoms with Crippen LogP contribution in [0, 0.1) is 5.92 Å². The highest BCUT2D eigenvalue weighted by Gasteiger charge is 2.34. The number of methoxy groups -OCH3 is 1. The second-order valence-corrected chi connectivity index (χ2v) is 12.2. The molecular formula is C32H28Cl2N2O7S. The van der Waals surface area contributed by atoms with Gasteiger partial charge in [0.2, 0.25) is 0 Å². The molecule has 4 aromatic rings. The summed E-state index contributed by atoms with van der Waals surface area (Å²) in [6, 6.07) is 12.7. The van der Waals surface area contributed by atoms with Gasteiger partial charge in [-0.25, -0.2) is 9.79 Å². The first kappa shape index (κ1) is 31.3. The van der Waals surface area contributed by atoms with E-state index < -0.39 is 18.0 Å². The van der Waals surface area contributed by atoms with Crippen molar-refractivity contribution in [2.75, 3.05) is 13.7 Å². The Morgan fingerprint density at radius 3 is 2.55 bits per heavy atom. The molecule has 1 atom stereocenters. The fraction of sp³-hybridized carbons (Fsp3) is 0.250. The molecule has 2 aromatic carbocycles. The number of rotatable bonds is 8. The average Bonchev–Trinajstić information content (AvgIpc) is 3.56. The summed E-state index contributed by atoms with van der Waals surface area (Å²) in [5.74, 6) is 0.451. The van der Waals surface area contributed by atoms with E-state index in [1.54, 1.807) is 61.5 Å². The molecular weight excluding hydrogens is 627 g/mol. The van der Waals surface area contributed by atoms with Gasteiger partial charge in [-0.3, -0.25) is 14.2 Å². The minimum atomic E-state index is -0.892. The van der Waals surface area contributed by atoms with E-state index in [2.05, 4.69) is 4.99 Å². The minimum absolute atomic E-state index is 0.102. The van der Waals surface area contributed by atoms with E-state index in [0.29, 0.717) is 42.2 Å². The Labute approximate surface area is 266 Å². The van der Waals surface area contributed by atoms with Crippen molar-refractivity contribution in [1.82, 2.24) is 4.57 Å². The molecule has 228 valence electrons. The van der Waals surface area contributed by atoms with Gasteiger partial charge >= 0.3 is 11.9 Å². The van der Waals surface area contributed by atoms with Gasteiger partial charge in [0.05, 0.1) is 45.6 Å². The summed E-state index contributed by atoms with van der Waals surface area (Å²) in [6.45, 7) is 7.05. The van der Waals surface area contributed by atoms with Crippen molar-refractivity contribution in [3.05, 3.63) is 101 Å². The van der Waals surface area contributed by atoms with E-state index in [4.69, 9.17) is 41.8 Å². The number of carbonyl (C=O) groups excluding carboxylic acids is 2. The first-order valence-electron chi connectivity index (χ1n) is 13.6. The van der Waals surface area contributed by atoms with Gasteiger partial charge in [0.1, 0.15) is 11.5 Å². The average molecular weight is 656 g/mol. The van der Waals surface area contributed by atoms with Crippen LogP contribution in [0.1, 0.15) is 45.1 Å². The highest BCUT2D eigenvalue weighted by Crippen LogP contribution is 2.36. The summed E-state index contributed by atoms with van der Waals surface area (Å²) in [6.07, 6.45) is 1.63. The van der Waals surface area contributed by atoms with E-state index in [1.165, 1.54) is 18.6 Å². The molecule has 5 rings (SSSR count). The molecule has 1 aliphatic heterocycles. The molecule has 0 radical (unpaired) electrons. The number of furan rings is 1. The lowest BCUT2D eigenvalue weighted by atomic mass is 9.95. The first-order valence-corrected chi connectivity index (χ1v) is 15.1. The lowest BCUT2D eigenvalue weighted by molar-refractivity contribution is -0.140. The van der Waals surface area contributed by atoms with Crippen LogP contribution >= 0.6 is 34.5 Å². The first-order chi connectivity index (χ1) is 21.0. The lowest BCUT2D eigenvalue weighted by Crippen LogP contribution is -2.40. The van der Waals surface area contributed by atoms with Crippen molar-refractivity contribution in [2.24, 2.45) is 10.9 Å². The zero-order valence-corrected chi connectivity index (χ0v) is 26.8. The predicted molar refractivity (Wildman–Crippen MR) is 168 cm³/mol. The maximum atomic E-state index is 14.0. The lowest BCUT2D eigenvalue weighted by Gasteiger charge is -2.25. The topological polar surface area (TPSA) is 109 Å². The van der Waals surface area contributed by atoms with Gasteiger partial charge in [0, 0.05) is 18.6 Å². The Morgan fingerprint density at radius 1 is 1.09 bits per heavy atom. The van der Waals surface area contributed by atoms with E-state index >= 15 is 0 Å². The summed E-state index contributed by atoms with van der Waals surface area (Å²) >= 11 is 13.4. The van der Waals surface area contributed by atoms with Crippen molar-refractivity contribution in [3.63, 3.8) is 0 Å². The Morgan fingerprint density at radius 2 is 1.86 bits per heavy atom. The van der Waals surface area contributed by atoms with Crippen LogP contribution in [0.25, 0.3) is 17.4 Å². The number of allylic oxidation sites excluding steroid dienone is 1. The van der Waals surface area contributed by atoms with Gasteiger partial charge < -0.3 is 18.6 Å². The van der Waals surface area contributed by atoms with E-state index in [-0.39, 0.29) is 35.2 Å². The molecule has 0 bridgehead atoms. The van der Waals surface area contributed by atoms with Gasteiger partial charge in [0.15, 0.2) is 16.3 Å². The van der Waals surface area contributed by atoms with Crippen LogP contribution in [0.4, 0.5) is 0 Å². The molecule has 44 heavy (non-hydrogen) atoms. The SMILES string of the molecule is COc1cc(C2C(C(=O)OCC(C)C)=C(C)N=c3sc(=Cc4ccc(-c5ccc(Cl)c(Cl)c5)o4)c(=O)n32)ccc1OC(C)=O. The normalized spacial score (nSPS) is 14.8. The second kappa shape index (κ2) is 12.9. The zero-order chi connectivity index (χ0) is 31.7. The molecule has 0 spiro atoms. The highest BCUT2D eigenvalue weighted by atomic mass is 35.5. The van der Waals surface area contributed by atoms with Crippen molar-refractivity contribution in [3.8, 4) is 22.8 Å². The number of aromatic nitrogens is 1. The zero-order valence-electron chi connectivity index (χ0n) is 24.5. The third-order valence-electron chi connectivity index (χ3n) is 6.65. The minimum Gasteiger partial charge on any atom is -0.493 e. The van der Waals surface area contributed by atoms with Gasteiger partial charge in [-0.1, -0.05) is 54.5 Å². The van der Waals surface area contributed by atoms with Crippen molar-refractivity contribution in [1.29, 1.82) is 0 Å². The molecule has 12 heteroatoms. The number of benzene rings is 2. The van der Waals surface area contributed by atoms with Crippen LogP contribution < -0.4 is 24.4 Å². The van der Waals surface area contributed by atoms with Gasteiger partial charge in [-0.05, 0) is 60.9 Å². The molecule has 0 aliphatic carbocycles. The van der Waals surface area contributed by atoms with Crippen LogP contribution in [0.15, 0.2) is 74.0 Å². The summed E-state index contributed by atoms with van der Waals surface area (Å²) in [4.78, 5) is 44.1. The fourth-order valence-corrected chi connectivity index (χ4v) is 6.00. The van der Waals surface area contributed by atoms with E-state index in [0.717, 1.165) is 16.9 Å². The molecule has 3 heterocycles. The summed E-state index contributed by atoms with van der Waals surface area (Å²) < 4.78 is 24.2. The maximum Gasteiger partial charge on any atom is 0.338 e. The summed E-state index contributed by atoms with van der Waals surface area (Å²) in [7, 11) is 1.44. The third kappa shape index (κ3) is 6.38. The third-order valence-corrected chi connectivity index (χ3v) is 8.37. The van der Waals surface area contributed by atoms with Crippen molar-refractivity contribution in [2.45, 2.75) is 33.7 Å². The van der Waals surface area contributed by atoms with E-state index in [1.807, 2.05) is 13.8 Å². The Kier molecular flexibility index (Phi) is 9.15. The fourth-order valence-electron chi connectivity index (χ4n) is 4.68. The molecule has 2 aromatic heterocycles. The maximum absolute atomic E-state index is 14.0. The number of fused-ring (bicyclic) bond motifs is 1. The number of ether oxygens (including phenoxy) is 3. The second-order valence-electron chi connectivity index (χ2n) is 10.4. The van der Waals surface area contributed by atoms with Gasteiger partial charge in [0.25, 0.3) is 5.56 Å². The van der Waals surface area contributed by atoms with Crippen LogP contribution in [0.2, 0.25) is 10.0 Å². The molecule has 0 amide bonds. The number of nitrogens with zero attached hydrogens (tertiary/aromatic N) is 2. The molecule has 0 N–H and O–H groups in total. The molecule has 0 saturated heterocycles. The number of halogens is 2.